The van der Waals surface area contributed by atoms with Crippen LogP contribution in [0.3, 0.4) is 0 Å². The third-order valence-corrected chi connectivity index (χ3v) is 5.50. The molecule has 0 aromatic heterocycles. The first kappa shape index (κ1) is 20.4. The Morgan fingerprint density at radius 3 is 2.63 bits per heavy atom. The maximum Gasteiger partial charge on any atom is 0.257 e. The van der Waals surface area contributed by atoms with Crippen LogP contribution in [0.2, 0.25) is 5.02 Å². The van der Waals surface area contributed by atoms with Crippen molar-refractivity contribution in [1.82, 2.24) is 9.80 Å². The number of carbonyl (C=O) groups is 1. The zero-order valence-electron chi connectivity index (χ0n) is 16.0. The predicted molar refractivity (Wildman–Crippen MR) is 105 cm³/mol. The molecule has 2 heterocycles. The minimum absolute atomic E-state index is 0.0115. The fraction of sp³-hybridized carbons (Fsp3) is 0.650. The summed E-state index contributed by atoms with van der Waals surface area (Å²) in [7, 11) is 1.57. The molecule has 150 valence electrons. The van der Waals surface area contributed by atoms with E-state index in [9.17, 15) is 4.79 Å². The van der Waals surface area contributed by atoms with E-state index in [2.05, 4.69) is 4.90 Å². The Balaban J connectivity index is 1.69. The van der Waals surface area contributed by atoms with E-state index in [0.717, 1.165) is 58.7 Å². The van der Waals surface area contributed by atoms with Crippen molar-refractivity contribution in [2.45, 2.75) is 25.3 Å². The molecule has 0 spiro atoms. The van der Waals surface area contributed by atoms with Crippen molar-refractivity contribution in [1.29, 1.82) is 0 Å². The fourth-order valence-corrected chi connectivity index (χ4v) is 3.89. The van der Waals surface area contributed by atoms with Gasteiger partial charge >= 0.3 is 0 Å². The van der Waals surface area contributed by atoms with Gasteiger partial charge in [0.25, 0.3) is 5.91 Å². The summed E-state index contributed by atoms with van der Waals surface area (Å²) in [5.41, 5.74) is 0.569. The van der Waals surface area contributed by atoms with Gasteiger partial charge in [-0.1, -0.05) is 11.6 Å². The first-order chi connectivity index (χ1) is 13.2. The Hall–Kier alpha value is -1.34. The number of ether oxygens (including phenoxy) is 3. The van der Waals surface area contributed by atoms with Gasteiger partial charge in [-0.3, -0.25) is 9.69 Å². The van der Waals surface area contributed by atoms with E-state index in [1.54, 1.807) is 25.3 Å². The molecule has 1 aromatic rings. The molecule has 6 nitrogen and oxygen atoms in total. The van der Waals surface area contributed by atoms with Crippen LogP contribution in [0.5, 0.6) is 5.75 Å². The van der Waals surface area contributed by atoms with Gasteiger partial charge in [0.2, 0.25) is 0 Å². The molecule has 0 unspecified atom stereocenters. The number of benzene rings is 1. The average Bonchev–Trinajstić information content (AvgIpc) is 2.72. The van der Waals surface area contributed by atoms with Crippen LogP contribution in [0.15, 0.2) is 18.2 Å². The van der Waals surface area contributed by atoms with Crippen LogP contribution in [0.1, 0.15) is 29.6 Å². The number of hydrogen-bond acceptors (Lipinski definition) is 5. The quantitative estimate of drug-likeness (QED) is 0.709. The van der Waals surface area contributed by atoms with Crippen LogP contribution < -0.4 is 4.74 Å². The summed E-state index contributed by atoms with van der Waals surface area (Å²) in [6.07, 6.45) is 2.69. The third kappa shape index (κ3) is 5.57. The van der Waals surface area contributed by atoms with Gasteiger partial charge in [-0.15, -0.1) is 0 Å². The number of halogens is 1. The number of methoxy groups -OCH3 is 1. The smallest absolute Gasteiger partial charge is 0.257 e. The average molecular weight is 397 g/mol. The van der Waals surface area contributed by atoms with Crippen molar-refractivity contribution < 1.29 is 19.0 Å². The van der Waals surface area contributed by atoms with Gasteiger partial charge in [0, 0.05) is 50.5 Å². The molecule has 0 bridgehead atoms. The van der Waals surface area contributed by atoms with Crippen LogP contribution in [0, 0.1) is 0 Å². The summed E-state index contributed by atoms with van der Waals surface area (Å²) in [4.78, 5) is 17.8. The van der Waals surface area contributed by atoms with E-state index in [-0.39, 0.29) is 11.9 Å². The minimum atomic E-state index is 0.0115. The van der Waals surface area contributed by atoms with E-state index in [0.29, 0.717) is 29.5 Å². The second-order valence-electron chi connectivity index (χ2n) is 6.99. The normalized spacial score (nSPS) is 19.0. The molecule has 2 aliphatic heterocycles. The summed E-state index contributed by atoms with van der Waals surface area (Å²) in [5, 5.41) is 0.563. The van der Waals surface area contributed by atoms with Crippen molar-refractivity contribution in [3.8, 4) is 5.75 Å². The second-order valence-corrected chi connectivity index (χ2v) is 7.43. The number of amides is 1. The molecule has 1 amide bonds. The maximum atomic E-state index is 13.3. The summed E-state index contributed by atoms with van der Waals surface area (Å²) in [5.74, 6) is 0.537. The van der Waals surface area contributed by atoms with Gasteiger partial charge in [-0.25, -0.2) is 0 Å². The lowest BCUT2D eigenvalue weighted by Gasteiger charge is -2.35. The Morgan fingerprint density at radius 1 is 1.22 bits per heavy atom. The van der Waals surface area contributed by atoms with E-state index < -0.39 is 0 Å². The van der Waals surface area contributed by atoms with Crippen molar-refractivity contribution in [3.63, 3.8) is 0 Å². The van der Waals surface area contributed by atoms with Crippen LogP contribution in [0.4, 0.5) is 0 Å². The standard InChI is InChI=1S/C20H29ClN2O4/c1-25-19-15-16(21)3-4-18(19)20(24)23(17-5-11-26-12-6-17)8-2-7-22-9-13-27-14-10-22/h3-4,15,17H,2,5-14H2,1H3. The van der Waals surface area contributed by atoms with Gasteiger partial charge in [0.05, 0.1) is 25.9 Å². The third-order valence-electron chi connectivity index (χ3n) is 5.26. The number of hydrogen-bond donors (Lipinski definition) is 0. The topological polar surface area (TPSA) is 51.2 Å². The molecule has 0 N–H and O–H groups in total. The molecule has 2 saturated heterocycles. The van der Waals surface area contributed by atoms with Gasteiger partial charge in [0.1, 0.15) is 5.75 Å². The molecule has 3 rings (SSSR count). The van der Waals surface area contributed by atoms with E-state index in [4.69, 9.17) is 25.8 Å². The highest BCUT2D eigenvalue weighted by molar-refractivity contribution is 6.30. The molecule has 2 fully saturated rings. The molecule has 0 atom stereocenters. The zero-order chi connectivity index (χ0) is 19.1. The highest BCUT2D eigenvalue weighted by Gasteiger charge is 2.28. The number of nitrogens with zero attached hydrogens (tertiary/aromatic N) is 2. The summed E-state index contributed by atoms with van der Waals surface area (Å²) >= 11 is 6.06. The van der Waals surface area contributed by atoms with Crippen molar-refractivity contribution in [3.05, 3.63) is 28.8 Å². The molecule has 0 saturated carbocycles. The number of carbonyl (C=O) groups excluding carboxylic acids is 1. The Labute approximate surface area is 166 Å². The lowest BCUT2D eigenvalue weighted by molar-refractivity contribution is 0.0221. The lowest BCUT2D eigenvalue weighted by atomic mass is 10.0. The fourth-order valence-electron chi connectivity index (χ4n) is 3.73. The number of rotatable bonds is 7. The molecule has 1 aromatic carbocycles. The van der Waals surface area contributed by atoms with Crippen LogP contribution in [-0.2, 0) is 9.47 Å². The SMILES string of the molecule is COc1cc(Cl)ccc1C(=O)N(CCCN1CCOCC1)C1CCOCC1. The van der Waals surface area contributed by atoms with E-state index >= 15 is 0 Å². The summed E-state index contributed by atoms with van der Waals surface area (Å²) in [6.45, 7) is 6.65. The largest absolute Gasteiger partial charge is 0.496 e. The Morgan fingerprint density at radius 2 is 1.93 bits per heavy atom. The first-order valence-corrected chi connectivity index (χ1v) is 10.1. The maximum absolute atomic E-state index is 13.3. The predicted octanol–water partition coefficient (Wildman–Crippen LogP) is 2.69. The second kappa shape index (κ2) is 10.3. The minimum Gasteiger partial charge on any atom is -0.496 e. The van der Waals surface area contributed by atoms with Crippen molar-refractivity contribution in [2.75, 3.05) is 59.7 Å². The van der Waals surface area contributed by atoms with E-state index in [1.807, 2.05) is 4.90 Å². The molecular formula is C20H29ClN2O4. The lowest BCUT2D eigenvalue weighted by Crippen LogP contribution is -2.45. The molecule has 27 heavy (non-hydrogen) atoms. The Bertz CT molecular complexity index is 616. The summed E-state index contributed by atoms with van der Waals surface area (Å²) in [6, 6.07) is 5.41. The van der Waals surface area contributed by atoms with Gasteiger partial charge in [0.15, 0.2) is 0 Å². The number of morpholine rings is 1. The van der Waals surface area contributed by atoms with E-state index in [1.165, 1.54) is 0 Å². The van der Waals surface area contributed by atoms with Gasteiger partial charge < -0.3 is 19.1 Å². The summed E-state index contributed by atoms with van der Waals surface area (Å²) < 4.78 is 16.3. The highest BCUT2D eigenvalue weighted by atomic mass is 35.5. The van der Waals surface area contributed by atoms with Crippen molar-refractivity contribution in [2.24, 2.45) is 0 Å². The monoisotopic (exact) mass is 396 g/mol. The van der Waals surface area contributed by atoms with Gasteiger partial charge in [-0.2, -0.15) is 0 Å². The highest BCUT2D eigenvalue weighted by Crippen LogP contribution is 2.26. The molecule has 2 aliphatic rings. The van der Waals surface area contributed by atoms with Crippen LogP contribution in [-0.4, -0.2) is 81.5 Å². The Kier molecular flexibility index (Phi) is 7.76. The molecule has 0 aliphatic carbocycles. The zero-order valence-corrected chi connectivity index (χ0v) is 16.7. The first-order valence-electron chi connectivity index (χ1n) is 9.71. The molecular weight excluding hydrogens is 368 g/mol. The van der Waals surface area contributed by atoms with Crippen LogP contribution >= 0.6 is 11.6 Å². The van der Waals surface area contributed by atoms with Crippen molar-refractivity contribution >= 4 is 17.5 Å². The van der Waals surface area contributed by atoms with Crippen LogP contribution in [0.25, 0.3) is 0 Å². The van der Waals surface area contributed by atoms with Gasteiger partial charge in [-0.05, 0) is 37.5 Å². The molecule has 0 radical (unpaired) electrons. The molecule has 7 heteroatoms.